The summed E-state index contributed by atoms with van der Waals surface area (Å²) in [6, 6.07) is 11.1. The molecule has 0 N–H and O–H groups in total. The monoisotopic (exact) mass is 355 g/mol. The van der Waals surface area contributed by atoms with Gasteiger partial charge in [0.15, 0.2) is 0 Å². The second-order valence-corrected chi connectivity index (χ2v) is 6.17. The molecule has 0 aromatic heterocycles. The molecule has 125 valence electrons. The predicted molar refractivity (Wildman–Crippen MR) is 102 cm³/mol. The summed E-state index contributed by atoms with van der Waals surface area (Å²) >= 11 is 0. The van der Waals surface area contributed by atoms with Gasteiger partial charge in [0.25, 0.3) is 0 Å². The van der Waals surface area contributed by atoms with Crippen LogP contribution in [0.4, 0.5) is 0 Å². The van der Waals surface area contributed by atoms with Crippen molar-refractivity contribution in [1.82, 2.24) is 0 Å². The van der Waals surface area contributed by atoms with Crippen molar-refractivity contribution in [2.75, 3.05) is 0 Å². The standard InChI is InChI=1S/C17H24N.C5H5.Ti/c1-13(2)11-15(5)12-17(18-14(3)4)16-9-7-6-8-10-16;1-2-4-5-3-1;/h6-11,14,17H,1,12H2,2-5H3;1-5H;/q-1;;+2/b15-11-;;. The van der Waals surface area contributed by atoms with Gasteiger partial charge in [-0.25, -0.2) is 0 Å². The summed E-state index contributed by atoms with van der Waals surface area (Å²) in [6.45, 7) is 12.4. The molecule has 5 radical (unpaired) electrons. The molecule has 0 spiro atoms. The molecule has 0 saturated heterocycles. The molecule has 1 aliphatic carbocycles. The fraction of sp³-hybridized carbons (Fsp3) is 0.318. The fourth-order valence-corrected chi connectivity index (χ4v) is 2.40. The molecule has 0 heterocycles. The molecule has 1 aliphatic rings. The summed E-state index contributed by atoms with van der Waals surface area (Å²) in [4.78, 5) is 0. The Morgan fingerprint density at radius 1 is 1.00 bits per heavy atom. The van der Waals surface area contributed by atoms with E-state index in [1.54, 1.807) is 0 Å². The van der Waals surface area contributed by atoms with Crippen molar-refractivity contribution in [1.29, 1.82) is 0 Å². The van der Waals surface area contributed by atoms with E-state index in [-0.39, 0.29) is 27.8 Å². The third kappa shape index (κ3) is 11.0. The maximum Gasteiger partial charge on any atom is 2.00 e. The Bertz CT molecular complexity index is 464. The Balaban J connectivity index is 0.000000751. The molecule has 0 aliphatic heterocycles. The van der Waals surface area contributed by atoms with Crippen LogP contribution in [0, 0.1) is 32.1 Å². The Kier molecular flexibility index (Phi) is 13.3. The molecule has 0 amide bonds. The molecular formula is C22H29NTi+. The van der Waals surface area contributed by atoms with Crippen LogP contribution in [0.25, 0.3) is 5.32 Å². The Labute approximate surface area is 164 Å². The van der Waals surface area contributed by atoms with Crippen LogP contribution in [-0.2, 0) is 21.7 Å². The molecule has 2 rings (SSSR count). The van der Waals surface area contributed by atoms with Crippen LogP contribution in [0.5, 0.6) is 0 Å². The van der Waals surface area contributed by atoms with Gasteiger partial charge in [-0.2, -0.15) is 0 Å². The SMILES string of the molecule is C=C(C)/C=C(/C)CC([N-]C(C)C)c1ccccc1.[CH]1[CH][CH][CH][CH]1.[Ti+2]. The van der Waals surface area contributed by atoms with Gasteiger partial charge in [-0.3, -0.25) is 0 Å². The minimum Gasteiger partial charge on any atom is -0.653 e. The van der Waals surface area contributed by atoms with Crippen molar-refractivity contribution >= 4 is 0 Å². The largest absolute Gasteiger partial charge is 2.00 e. The molecule has 1 atom stereocenters. The Hall–Kier alpha value is -0.626. The molecular weight excluding hydrogens is 326 g/mol. The predicted octanol–water partition coefficient (Wildman–Crippen LogP) is 6.44. The van der Waals surface area contributed by atoms with Crippen molar-refractivity contribution in [3.8, 4) is 0 Å². The van der Waals surface area contributed by atoms with E-state index in [2.05, 4.69) is 57.7 Å². The molecule has 2 heteroatoms. The average molecular weight is 355 g/mol. The third-order valence-corrected chi connectivity index (χ3v) is 3.23. The van der Waals surface area contributed by atoms with E-state index in [0.717, 1.165) is 12.0 Å². The van der Waals surface area contributed by atoms with E-state index in [1.807, 2.05) is 45.1 Å². The molecule has 0 bridgehead atoms. The fourth-order valence-electron chi connectivity index (χ4n) is 2.40. The number of allylic oxidation sites excluding steroid dienone is 2. The molecule has 1 fully saturated rings. The van der Waals surface area contributed by atoms with Crippen molar-refractivity contribution in [3.63, 3.8) is 0 Å². The van der Waals surface area contributed by atoms with Crippen molar-refractivity contribution < 1.29 is 21.7 Å². The molecule has 1 aromatic rings. The van der Waals surface area contributed by atoms with Crippen molar-refractivity contribution in [2.45, 2.75) is 46.2 Å². The average Bonchev–Trinajstić information content (AvgIpc) is 3.05. The van der Waals surface area contributed by atoms with Gasteiger partial charge in [-0.05, 0) is 52.4 Å². The molecule has 1 aromatic carbocycles. The first-order valence-electron chi connectivity index (χ1n) is 8.23. The Morgan fingerprint density at radius 3 is 1.92 bits per heavy atom. The molecule has 1 nitrogen and oxygen atoms in total. The van der Waals surface area contributed by atoms with E-state index < -0.39 is 0 Å². The van der Waals surface area contributed by atoms with Crippen LogP contribution in [0.15, 0.2) is 54.1 Å². The third-order valence-electron chi connectivity index (χ3n) is 3.23. The summed E-state index contributed by atoms with van der Waals surface area (Å²) < 4.78 is 0. The van der Waals surface area contributed by atoms with Gasteiger partial charge in [0.1, 0.15) is 0 Å². The van der Waals surface area contributed by atoms with Crippen LogP contribution < -0.4 is 0 Å². The van der Waals surface area contributed by atoms with Crippen LogP contribution in [-0.4, -0.2) is 6.04 Å². The quantitative estimate of drug-likeness (QED) is 0.412. The Morgan fingerprint density at radius 2 is 1.50 bits per heavy atom. The van der Waals surface area contributed by atoms with Gasteiger partial charge in [-0.1, -0.05) is 73.5 Å². The first-order valence-corrected chi connectivity index (χ1v) is 8.23. The van der Waals surface area contributed by atoms with Gasteiger partial charge in [-0.15, -0.1) is 12.1 Å². The van der Waals surface area contributed by atoms with Gasteiger partial charge in [0.05, 0.1) is 0 Å². The summed E-state index contributed by atoms with van der Waals surface area (Å²) in [5, 5.41) is 4.82. The molecule has 1 saturated carbocycles. The van der Waals surface area contributed by atoms with E-state index in [9.17, 15) is 0 Å². The zero-order chi connectivity index (χ0) is 17.1. The van der Waals surface area contributed by atoms with Gasteiger partial charge in [0, 0.05) is 0 Å². The maximum absolute atomic E-state index is 4.82. The van der Waals surface area contributed by atoms with E-state index in [1.165, 1.54) is 11.1 Å². The van der Waals surface area contributed by atoms with Gasteiger partial charge < -0.3 is 5.32 Å². The first kappa shape index (κ1) is 23.4. The van der Waals surface area contributed by atoms with Crippen molar-refractivity contribution in [2.24, 2.45) is 0 Å². The van der Waals surface area contributed by atoms with E-state index in [0.29, 0.717) is 6.04 Å². The van der Waals surface area contributed by atoms with Crippen LogP contribution >= 0.6 is 0 Å². The van der Waals surface area contributed by atoms with E-state index in [4.69, 9.17) is 5.32 Å². The van der Waals surface area contributed by atoms with Crippen LogP contribution in [0.1, 0.15) is 45.7 Å². The summed E-state index contributed by atoms with van der Waals surface area (Å²) in [5.41, 5.74) is 3.73. The number of hydrogen-bond acceptors (Lipinski definition) is 0. The first-order chi connectivity index (χ1) is 11.0. The number of benzene rings is 1. The zero-order valence-electron chi connectivity index (χ0n) is 15.4. The number of hydrogen-bond donors (Lipinski definition) is 0. The second kappa shape index (κ2) is 13.6. The van der Waals surface area contributed by atoms with Crippen molar-refractivity contribution in [3.05, 3.63) is 97.1 Å². The summed E-state index contributed by atoms with van der Waals surface area (Å²) in [5.74, 6) is 0. The normalized spacial score (nSPS) is 15.3. The minimum atomic E-state index is 0. The summed E-state index contributed by atoms with van der Waals surface area (Å²) in [6.07, 6.45) is 13.1. The molecule has 24 heavy (non-hydrogen) atoms. The number of rotatable bonds is 6. The van der Waals surface area contributed by atoms with Gasteiger partial charge in [0.2, 0.25) is 0 Å². The second-order valence-electron chi connectivity index (χ2n) is 6.17. The van der Waals surface area contributed by atoms with E-state index >= 15 is 0 Å². The number of nitrogens with zero attached hydrogens (tertiary/aromatic N) is 1. The summed E-state index contributed by atoms with van der Waals surface area (Å²) in [7, 11) is 0. The zero-order valence-corrected chi connectivity index (χ0v) is 16.9. The van der Waals surface area contributed by atoms with Crippen LogP contribution in [0.3, 0.4) is 0 Å². The van der Waals surface area contributed by atoms with Gasteiger partial charge >= 0.3 is 21.7 Å². The maximum atomic E-state index is 4.82. The topological polar surface area (TPSA) is 14.1 Å². The van der Waals surface area contributed by atoms with Crippen LogP contribution in [0.2, 0.25) is 0 Å². The minimum absolute atomic E-state index is 0. The smallest absolute Gasteiger partial charge is 0.653 e. The molecule has 1 unspecified atom stereocenters.